The van der Waals surface area contributed by atoms with Crippen LogP contribution in [0, 0.1) is 0 Å². The second kappa shape index (κ2) is 14.0. The van der Waals surface area contributed by atoms with Crippen molar-refractivity contribution in [1.82, 2.24) is 0 Å². The Hall–Kier alpha value is 1.40. The summed E-state index contributed by atoms with van der Waals surface area (Å²) in [6.45, 7) is 4.49. The Labute approximate surface area is 87.2 Å². The molecular weight excluding hydrogens is 217 g/mol. The molecule has 0 radical (unpaired) electrons. The Morgan fingerprint density at radius 1 is 0.818 bits per heavy atom. The third kappa shape index (κ3) is 34.5. The van der Waals surface area contributed by atoms with Crippen LogP contribution in [0.3, 0.4) is 0 Å². The van der Waals surface area contributed by atoms with Gasteiger partial charge in [-0.25, -0.2) is 30.1 Å². The molecule has 4 heteroatoms. The molecule has 0 aliphatic rings. The highest BCUT2D eigenvalue weighted by molar-refractivity contribution is 7.54. The molecule has 0 atom stereocenters. The molecule has 0 bridgehead atoms. The summed E-state index contributed by atoms with van der Waals surface area (Å²) in [5, 5.41) is 0. The first-order valence-electron chi connectivity index (χ1n) is 4.07. The monoisotopic (exact) mass is 232 g/mol. The maximum atomic E-state index is 4.94. The Kier molecular flexibility index (Phi) is 18.9. The molecule has 0 rings (SSSR count). The van der Waals surface area contributed by atoms with Crippen molar-refractivity contribution < 1.29 is 0 Å². The van der Waals surface area contributed by atoms with Crippen molar-refractivity contribution in [2.75, 3.05) is 0 Å². The molecule has 68 valence electrons. The van der Waals surface area contributed by atoms with E-state index in [0.717, 1.165) is 0 Å². The highest BCUT2D eigenvalue weighted by Gasteiger charge is 2.00. The fourth-order valence-corrected chi connectivity index (χ4v) is 0.677. The smallest absolute Gasteiger partial charge is 0.214 e. The van der Waals surface area contributed by atoms with Gasteiger partial charge in [-0.15, -0.1) is 0 Å². The molecule has 0 aliphatic carbocycles. The molecule has 11 heavy (non-hydrogen) atoms. The van der Waals surface area contributed by atoms with Gasteiger partial charge >= 0.3 is 11.4 Å². The van der Waals surface area contributed by atoms with Gasteiger partial charge in [0.15, 0.2) is 0 Å². The molecule has 0 saturated carbocycles. The summed E-state index contributed by atoms with van der Waals surface area (Å²) in [6, 6.07) is 0. The first kappa shape index (κ1) is 14.9. The van der Waals surface area contributed by atoms with Crippen molar-refractivity contribution in [3.05, 3.63) is 0 Å². The lowest BCUT2D eigenvalue weighted by Crippen LogP contribution is -1.70. The van der Waals surface area contributed by atoms with Crippen LogP contribution in [0.4, 0.5) is 0 Å². The summed E-state index contributed by atoms with van der Waals surface area (Å²) in [6.07, 6.45) is 7.01. The van der Waals surface area contributed by atoms with Crippen LogP contribution < -0.4 is 0 Å². The normalized spacial score (nSPS) is 8.45. The number of hydrogen-bond donors (Lipinski definition) is 0. The van der Waals surface area contributed by atoms with E-state index in [0.29, 0.717) is 0 Å². The van der Waals surface area contributed by atoms with Crippen LogP contribution in [0.15, 0.2) is 0 Å². The van der Waals surface area contributed by atoms with Gasteiger partial charge in [0.25, 0.3) is 0 Å². The van der Waals surface area contributed by atoms with E-state index in [4.69, 9.17) is 30.1 Å². The van der Waals surface area contributed by atoms with E-state index < -0.39 is 11.4 Å². The first-order valence-corrected chi connectivity index (χ1v) is 9.31. The van der Waals surface area contributed by atoms with Gasteiger partial charge in [0, 0.05) is 0 Å². The number of hydrogen-bond acceptors (Lipinski definition) is 0. The highest BCUT2D eigenvalue weighted by atomic mass is 35.8. The van der Waals surface area contributed by atoms with Crippen LogP contribution >= 0.6 is 30.1 Å². The van der Waals surface area contributed by atoms with Crippen molar-refractivity contribution in [2.45, 2.75) is 46.0 Å². The van der Waals surface area contributed by atoms with Crippen molar-refractivity contribution in [1.29, 1.82) is 0 Å². The molecule has 0 nitrogen and oxygen atoms in total. The van der Waals surface area contributed by atoms with Crippen LogP contribution in [0.25, 0.3) is 0 Å². The number of halogens is 3. The zero-order valence-corrected chi connectivity index (χ0v) is 10.7. The molecule has 0 amide bonds. The van der Waals surface area contributed by atoms with Crippen LogP contribution in [-0.4, -0.2) is 11.4 Å². The summed E-state index contributed by atoms with van der Waals surface area (Å²) in [5.74, 6) is 0. The first-order chi connectivity index (χ1) is 5.15. The van der Waals surface area contributed by atoms with E-state index in [9.17, 15) is 0 Å². The second-order valence-corrected chi connectivity index (χ2v) is 8.74. The van der Waals surface area contributed by atoms with Gasteiger partial charge in [-0.05, 0) is 0 Å². The Balaban J connectivity index is 0. The molecule has 0 N–H and O–H groups in total. The minimum atomic E-state index is -1.72. The maximum Gasteiger partial charge on any atom is 0.643 e. The van der Waals surface area contributed by atoms with Crippen LogP contribution in [0.2, 0.25) is 0 Å². The van der Waals surface area contributed by atoms with Gasteiger partial charge in [0.05, 0.1) is 0 Å². The van der Waals surface area contributed by atoms with Crippen molar-refractivity contribution in [3.63, 3.8) is 0 Å². The van der Waals surface area contributed by atoms with Crippen LogP contribution in [-0.2, 0) is 0 Å². The van der Waals surface area contributed by atoms with Crippen LogP contribution in [0.1, 0.15) is 46.0 Å². The fourth-order valence-electron chi connectivity index (χ4n) is 0.677. The van der Waals surface area contributed by atoms with Crippen LogP contribution in [0.5, 0.6) is 0 Å². The van der Waals surface area contributed by atoms with E-state index in [-0.39, 0.29) is 0 Å². The molecule has 0 aromatic rings. The number of unbranched alkanes of at least 4 members (excludes halogenated alkanes) is 4. The quantitative estimate of drug-likeness (QED) is 0.489. The Morgan fingerprint density at radius 2 is 1.09 bits per heavy atom. The van der Waals surface area contributed by atoms with Gasteiger partial charge in [0.1, 0.15) is 0 Å². The third-order valence-electron chi connectivity index (χ3n) is 1.21. The zero-order valence-electron chi connectivity index (χ0n) is 7.25. The summed E-state index contributed by atoms with van der Waals surface area (Å²) in [7, 11) is 14.8. The van der Waals surface area contributed by atoms with E-state index in [2.05, 4.69) is 13.8 Å². The summed E-state index contributed by atoms with van der Waals surface area (Å²) in [5.41, 5.74) is 0. The lowest BCUT2D eigenvalue weighted by molar-refractivity contribution is 0.656. The molecule has 0 heterocycles. The highest BCUT2D eigenvalue weighted by Crippen LogP contribution is 2.00. The van der Waals surface area contributed by atoms with E-state index >= 15 is 0 Å². The molecule has 0 aromatic carbocycles. The second-order valence-electron chi connectivity index (χ2n) is 2.31. The SMILES string of the molecule is CCCCCCC.[Cl][Al]([Cl])[Cl]. The minimum Gasteiger partial charge on any atom is -0.214 e. The van der Waals surface area contributed by atoms with Gasteiger partial charge in [-0.2, -0.15) is 0 Å². The van der Waals surface area contributed by atoms with E-state index in [1.165, 1.54) is 32.1 Å². The van der Waals surface area contributed by atoms with E-state index in [1.807, 2.05) is 0 Å². The molecule has 0 saturated heterocycles. The van der Waals surface area contributed by atoms with Gasteiger partial charge in [-0.1, -0.05) is 46.0 Å². The third-order valence-corrected chi connectivity index (χ3v) is 1.21. The molecule has 0 spiro atoms. The molecule has 0 unspecified atom stereocenters. The standard InChI is InChI=1S/C7H16.Al.3ClH/c1-3-5-7-6-4-2;;;;/h3-7H2,1-2H3;;3*1H/q;+3;;;/p-3. The average Bonchev–Trinajstić information content (AvgIpc) is 1.88. The van der Waals surface area contributed by atoms with E-state index in [1.54, 1.807) is 0 Å². The minimum absolute atomic E-state index is 1.36. The molecule has 0 fully saturated rings. The average molecular weight is 234 g/mol. The lowest BCUT2D eigenvalue weighted by Gasteiger charge is -1.90. The van der Waals surface area contributed by atoms with Crippen molar-refractivity contribution in [3.8, 4) is 0 Å². The number of rotatable bonds is 4. The lowest BCUT2D eigenvalue weighted by atomic mass is 10.2. The molecule has 0 aliphatic heterocycles. The summed E-state index contributed by atoms with van der Waals surface area (Å²) in [4.78, 5) is 0. The molecular formula is C7H16AlCl3. The summed E-state index contributed by atoms with van der Waals surface area (Å²) < 4.78 is 0. The molecule has 0 aromatic heterocycles. The van der Waals surface area contributed by atoms with Crippen molar-refractivity contribution >= 4 is 41.5 Å². The summed E-state index contributed by atoms with van der Waals surface area (Å²) >= 11 is -1.72. The topological polar surface area (TPSA) is 0 Å². The van der Waals surface area contributed by atoms with Gasteiger partial charge in [0.2, 0.25) is 0 Å². The van der Waals surface area contributed by atoms with Gasteiger partial charge in [-0.3, -0.25) is 0 Å². The Bertz CT molecular complexity index is 52.9. The zero-order chi connectivity index (χ0) is 9.11. The largest absolute Gasteiger partial charge is 0.643 e. The predicted octanol–water partition coefficient (Wildman–Crippen LogP) is 4.66. The maximum absolute atomic E-state index is 4.94. The predicted molar refractivity (Wildman–Crippen MR) is 57.7 cm³/mol. The Morgan fingerprint density at radius 3 is 1.27 bits per heavy atom. The van der Waals surface area contributed by atoms with Crippen molar-refractivity contribution in [2.24, 2.45) is 0 Å². The van der Waals surface area contributed by atoms with Gasteiger partial charge < -0.3 is 0 Å². The fraction of sp³-hybridized carbons (Fsp3) is 1.00.